The van der Waals surface area contributed by atoms with Crippen LogP contribution in [0.25, 0.3) is 0 Å². The van der Waals surface area contributed by atoms with Gasteiger partial charge in [0.15, 0.2) is 0 Å². The molecule has 0 aromatic carbocycles. The molecule has 14 heavy (non-hydrogen) atoms. The Morgan fingerprint density at radius 1 is 1.57 bits per heavy atom. The van der Waals surface area contributed by atoms with Crippen LogP contribution in [-0.4, -0.2) is 26.7 Å². The van der Waals surface area contributed by atoms with Crippen LogP contribution in [0.2, 0.25) is 0 Å². The summed E-state index contributed by atoms with van der Waals surface area (Å²) in [5.74, 6) is 0.794. The molecule has 1 saturated carbocycles. The van der Waals surface area contributed by atoms with Gasteiger partial charge < -0.3 is 10.4 Å². The summed E-state index contributed by atoms with van der Waals surface area (Å²) in [6, 6.07) is 2.01. The zero-order valence-electron chi connectivity index (χ0n) is 8.49. The van der Waals surface area contributed by atoms with E-state index in [0.717, 1.165) is 24.4 Å². The highest BCUT2D eigenvalue weighted by atomic mass is 16.3. The van der Waals surface area contributed by atoms with Crippen molar-refractivity contribution < 1.29 is 5.11 Å². The molecule has 2 N–H and O–H groups in total. The average Bonchev–Trinajstić information content (AvgIpc) is 2.13. The van der Waals surface area contributed by atoms with E-state index in [2.05, 4.69) is 15.3 Å². The van der Waals surface area contributed by atoms with Crippen LogP contribution in [0.3, 0.4) is 0 Å². The molecule has 0 aliphatic heterocycles. The molecule has 0 amide bonds. The number of hydrogen-bond acceptors (Lipinski definition) is 4. The topological polar surface area (TPSA) is 58.0 Å². The van der Waals surface area contributed by atoms with Crippen LogP contribution >= 0.6 is 0 Å². The van der Waals surface area contributed by atoms with E-state index in [9.17, 15) is 5.11 Å². The zero-order chi connectivity index (χ0) is 10.2. The van der Waals surface area contributed by atoms with Crippen molar-refractivity contribution >= 4 is 5.82 Å². The largest absolute Gasteiger partial charge is 0.388 e. The van der Waals surface area contributed by atoms with Gasteiger partial charge in [-0.1, -0.05) is 0 Å². The van der Waals surface area contributed by atoms with E-state index in [1.165, 1.54) is 6.33 Å². The monoisotopic (exact) mass is 193 g/mol. The Labute approximate surface area is 83.4 Å². The molecule has 0 bridgehead atoms. The first kappa shape index (κ1) is 9.40. The van der Waals surface area contributed by atoms with Gasteiger partial charge in [-0.2, -0.15) is 0 Å². The van der Waals surface area contributed by atoms with Crippen molar-refractivity contribution in [2.24, 2.45) is 0 Å². The van der Waals surface area contributed by atoms with E-state index >= 15 is 0 Å². The fourth-order valence-electron chi connectivity index (χ4n) is 1.65. The summed E-state index contributed by atoms with van der Waals surface area (Å²) in [6.07, 6.45) is 3.38. The molecule has 0 radical (unpaired) electrons. The van der Waals surface area contributed by atoms with Crippen molar-refractivity contribution in [3.8, 4) is 0 Å². The van der Waals surface area contributed by atoms with E-state index in [-0.39, 0.29) is 6.04 Å². The van der Waals surface area contributed by atoms with E-state index in [1.807, 2.05) is 19.9 Å². The number of rotatable bonds is 2. The number of aryl methyl sites for hydroxylation is 1. The van der Waals surface area contributed by atoms with Crippen molar-refractivity contribution in [2.75, 3.05) is 5.32 Å². The number of anilines is 1. The normalized spacial score (nSPS) is 30.9. The number of nitrogens with one attached hydrogen (secondary N) is 1. The molecule has 4 nitrogen and oxygen atoms in total. The number of aromatic nitrogens is 2. The van der Waals surface area contributed by atoms with Gasteiger partial charge in [0.2, 0.25) is 0 Å². The van der Waals surface area contributed by atoms with Gasteiger partial charge in [0.05, 0.1) is 11.6 Å². The summed E-state index contributed by atoms with van der Waals surface area (Å²) < 4.78 is 0. The molecular formula is C10H15N3O. The average molecular weight is 193 g/mol. The summed E-state index contributed by atoms with van der Waals surface area (Å²) in [7, 11) is 0. The SMILES string of the molecule is Cc1cc(N[C@@H]2CC[C@@]2(C)O)ncn1. The predicted molar refractivity (Wildman–Crippen MR) is 54.0 cm³/mol. The maximum atomic E-state index is 9.80. The van der Waals surface area contributed by atoms with Gasteiger partial charge in [0, 0.05) is 11.8 Å². The predicted octanol–water partition coefficient (Wildman–Crippen LogP) is 1.11. The van der Waals surface area contributed by atoms with Crippen molar-refractivity contribution in [3.63, 3.8) is 0 Å². The minimum absolute atomic E-state index is 0.122. The Kier molecular flexibility index (Phi) is 2.15. The van der Waals surface area contributed by atoms with Gasteiger partial charge in [0.1, 0.15) is 12.1 Å². The maximum absolute atomic E-state index is 9.80. The Hall–Kier alpha value is -1.16. The lowest BCUT2D eigenvalue weighted by atomic mass is 9.76. The van der Waals surface area contributed by atoms with Gasteiger partial charge in [-0.25, -0.2) is 9.97 Å². The second kappa shape index (κ2) is 3.20. The third-order valence-corrected chi connectivity index (χ3v) is 2.82. The zero-order valence-corrected chi connectivity index (χ0v) is 8.49. The minimum Gasteiger partial charge on any atom is -0.388 e. The highest BCUT2D eigenvalue weighted by Gasteiger charge is 2.40. The Morgan fingerprint density at radius 2 is 2.36 bits per heavy atom. The Balaban J connectivity index is 2.05. The third kappa shape index (κ3) is 1.70. The minimum atomic E-state index is -0.584. The van der Waals surface area contributed by atoms with Crippen LogP contribution in [0.1, 0.15) is 25.5 Å². The molecule has 2 atom stereocenters. The molecule has 1 aliphatic rings. The van der Waals surface area contributed by atoms with Crippen molar-refractivity contribution in [3.05, 3.63) is 18.1 Å². The molecule has 1 aromatic rings. The Morgan fingerprint density at radius 3 is 2.86 bits per heavy atom. The standard InChI is InChI=1S/C10H15N3O/c1-7-5-9(12-6-11-7)13-8-3-4-10(8,2)14/h5-6,8,14H,3-4H2,1-2H3,(H,11,12,13)/t8-,10-/m1/s1. The molecule has 4 heteroatoms. The molecule has 1 aliphatic carbocycles. The smallest absolute Gasteiger partial charge is 0.129 e. The highest BCUT2D eigenvalue weighted by Crippen LogP contribution is 2.33. The number of hydrogen-bond donors (Lipinski definition) is 2. The first-order valence-corrected chi connectivity index (χ1v) is 4.85. The first-order chi connectivity index (χ1) is 6.58. The maximum Gasteiger partial charge on any atom is 0.129 e. The number of nitrogens with zero attached hydrogens (tertiary/aromatic N) is 2. The fraction of sp³-hybridized carbons (Fsp3) is 0.600. The molecule has 0 spiro atoms. The van der Waals surface area contributed by atoms with Crippen LogP contribution < -0.4 is 5.32 Å². The molecule has 0 saturated heterocycles. The molecule has 1 aromatic heterocycles. The summed E-state index contributed by atoms with van der Waals surface area (Å²) in [5, 5.41) is 13.0. The summed E-state index contributed by atoms with van der Waals surface area (Å²) in [4.78, 5) is 8.11. The van der Waals surface area contributed by atoms with E-state index in [0.29, 0.717) is 0 Å². The van der Waals surface area contributed by atoms with Crippen LogP contribution in [0, 0.1) is 6.92 Å². The van der Waals surface area contributed by atoms with Crippen LogP contribution in [0.15, 0.2) is 12.4 Å². The fourth-order valence-corrected chi connectivity index (χ4v) is 1.65. The van der Waals surface area contributed by atoms with Gasteiger partial charge in [-0.3, -0.25) is 0 Å². The lowest BCUT2D eigenvalue weighted by Crippen LogP contribution is -2.53. The molecule has 1 heterocycles. The molecule has 2 rings (SSSR count). The van der Waals surface area contributed by atoms with Crippen LogP contribution in [-0.2, 0) is 0 Å². The van der Waals surface area contributed by atoms with Crippen molar-refractivity contribution in [1.29, 1.82) is 0 Å². The molecule has 76 valence electrons. The van der Waals surface area contributed by atoms with Gasteiger partial charge in [0.25, 0.3) is 0 Å². The summed E-state index contributed by atoms with van der Waals surface area (Å²) in [5.41, 5.74) is 0.347. The second-order valence-electron chi connectivity index (χ2n) is 4.14. The van der Waals surface area contributed by atoms with E-state index in [4.69, 9.17) is 0 Å². The van der Waals surface area contributed by atoms with Gasteiger partial charge >= 0.3 is 0 Å². The van der Waals surface area contributed by atoms with Gasteiger partial charge in [-0.15, -0.1) is 0 Å². The Bertz CT molecular complexity index is 338. The van der Waals surface area contributed by atoms with Crippen LogP contribution in [0.5, 0.6) is 0 Å². The van der Waals surface area contributed by atoms with Crippen molar-refractivity contribution in [2.45, 2.75) is 38.3 Å². The van der Waals surface area contributed by atoms with Crippen molar-refractivity contribution in [1.82, 2.24) is 9.97 Å². The molecule has 0 unspecified atom stereocenters. The molecule has 1 fully saturated rings. The van der Waals surface area contributed by atoms with E-state index in [1.54, 1.807) is 0 Å². The second-order valence-corrected chi connectivity index (χ2v) is 4.14. The van der Waals surface area contributed by atoms with E-state index < -0.39 is 5.60 Å². The lowest BCUT2D eigenvalue weighted by molar-refractivity contribution is -0.0287. The van der Waals surface area contributed by atoms with Gasteiger partial charge in [-0.05, 0) is 26.7 Å². The lowest BCUT2D eigenvalue weighted by Gasteiger charge is -2.43. The summed E-state index contributed by atoms with van der Waals surface area (Å²) in [6.45, 7) is 3.77. The van der Waals surface area contributed by atoms with Crippen LogP contribution in [0.4, 0.5) is 5.82 Å². The summed E-state index contributed by atoms with van der Waals surface area (Å²) >= 11 is 0. The highest BCUT2D eigenvalue weighted by molar-refractivity contribution is 5.37. The number of aliphatic hydroxyl groups is 1. The quantitative estimate of drug-likeness (QED) is 0.738. The first-order valence-electron chi connectivity index (χ1n) is 4.85. The third-order valence-electron chi connectivity index (χ3n) is 2.82. The molecular weight excluding hydrogens is 178 g/mol.